The van der Waals surface area contributed by atoms with E-state index in [1.165, 1.54) is 0 Å². The minimum absolute atomic E-state index is 0.0115. The number of amides is 2. The highest BCUT2D eigenvalue weighted by Gasteiger charge is 2.23. The molecule has 1 aliphatic heterocycles. The Morgan fingerprint density at radius 2 is 2.25 bits per heavy atom. The van der Waals surface area contributed by atoms with Crippen molar-refractivity contribution in [3.8, 4) is 0 Å². The second kappa shape index (κ2) is 7.19. The Labute approximate surface area is 94.7 Å². The zero-order valence-corrected chi connectivity index (χ0v) is 9.45. The number of ether oxygens (including phenoxy) is 2. The number of rotatable bonds is 6. The van der Waals surface area contributed by atoms with Gasteiger partial charge in [-0.1, -0.05) is 0 Å². The highest BCUT2D eigenvalue weighted by atomic mass is 16.5. The summed E-state index contributed by atoms with van der Waals surface area (Å²) in [7, 11) is 1.56. The highest BCUT2D eigenvalue weighted by molar-refractivity contribution is 5.86. The van der Waals surface area contributed by atoms with Crippen molar-refractivity contribution in [1.82, 2.24) is 10.6 Å². The summed E-state index contributed by atoms with van der Waals surface area (Å²) in [4.78, 5) is 22.7. The van der Waals surface area contributed by atoms with Crippen LogP contribution in [0.25, 0.3) is 0 Å². The maximum atomic E-state index is 11.4. The maximum absolute atomic E-state index is 11.4. The number of carbonyl (C=O) groups excluding carboxylic acids is 2. The Morgan fingerprint density at radius 3 is 2.88 bits per heavy atom. The van der Waals surface area contributed by atoms with Gasteiger partial charge in [0.05, 0.1) is 13.2 Å². The molecule has 1 saturated heterocycles. The summed E-state index contributed by atoms with van der Waals surface area (Å²) in [6.07, 6.45) is 1.25. The molecule has 0 bridgehead atoms. The van der Waals surface area contributed by atoms with Crippen molar-refractivity contribution in [1.29, 1.82) is 0 Å². The van der Waals surface area contributed by atoms with Gasteiger partial charge in [-0.05, 0) is 12.8 Å². The molecule has 1 heterocycles. The van der Waals surface area contributed by atoms with Crippen LogP contribution >= 0.6 is 0 Å². The molecule has 0 aromatic heterocycles. The predicted molar refractivity (Wildman–Crippen MR) is 56.9 cm³/mol. The van der Waals surface area contributed by atoms with Gasteiger partial charge >= 0.3 is 0 Å². The van der Waals surface area contributed by atoms with Crippen molar-refractivity contribution in [3.63, 3.8) is 0 Å². The summed E-state index contributed by atoms with van der Waals surface area (Å²) in [6, 6.07) is 0. The molecule has 2 N–H and O–H groups in total. The molecular weight excluding hydrogens is 212 g/mol. The van der Waals surface area contributed by atoms with Crippen LogP contribution < -0.4 is 10.6 Å². The van der Waals surface area contributed by atoms with Gasteiger partial charge < -0.3 is 20.1 Å². The Bertz CT molecular complexity index is 239. The topological polar surface area (TPSA) is 76.7 Å². The van der Waals surface area contributed by atoms with E-state index in [-0.39, 0.29) is 24.5 Å². The van der Waals surface area contributed by atoms with Crippen LogP contribution in [0.3, 0.4) is 0 Å². The molecule has 1 aliphatic rings. The number of carbonyl (C=O) groups is 2. The van der Waals surface area contributed by atoms with E-state index < -0.39 is 0 Å². The lowest BCUT2D eigenvalue weighted by Gasteiger charge is -2.10. The van der Waals surface area contributed by atoms with Gasteiger partial charge in [0.25, 0.3) is 0 Å². The van der Waals surface area contributed by atoms with Gasteiger partial charge in [-0.3, -0.25) is 9.59 Å². The van der Waals surface area contributed by atoms with Gasteiger partial charge in [0.1, 0.15) is 6.10 Å². The molecule has 16 heavy (non-hydrogen) atoms. The van der Waals surface area contributed by atoms with Crippen LogP contribution in [0.1, 0.15) is 12.8 Å². The van der Waals surface area contributed by atoms with E-state index in [9.17, 15) is 9.59 Å². The van der Waals surface area contributed by atoms with Gasteiger partial charge in [0.2, 0.25) is 11.8 Å². The summed E-state index contributed by atoms with van der Waals surface area (Å²) < 4.78 is 9.96. The number of hydrogen-bond donors (Lipinski definition) is 2. The molecular formula is C10H18N2O4. The van der Waals surface area contributed by atoms with Gasteiger partial charge in [-0.25, -0.2) is 0 Å². The highest BCUT2D eigenvalue weighted by Crippen LogP contribution is 2.11. The number of nitrogens with one attached hydrogen (secondary N) is 2. The lowest BCUT2D eigenvalue weighted by Crippen LogP contribution is -2.42. The lowest BCUT2D eigenvalue weighted by atomic mass is 10.2. The Hall–Kier alpha value is -1.14. The van der Waals surface area contributed by atoms with Gasteiger partial charge in [-0.2, -0.15) is 0 Å². The van der Waals surface area contributed by atoms with E-state index in [1.54, 1.807) is 7.11 Å². The molecule has 1 unspecified atom stereocenters. The van der Waals surface area contributed by atoms with Crippen LogP contribution in [0.4, 0.5) is 0 Å². The lowest BCUT2D eigenvalue weighted by molar-refractivity contribution is -0.132. The van der Waals surface area contributed by atoms with Crippen LogP contribution in [-0.4, -0.2) is 51.3 Å². The maximum Gasteiger partial charge on any atom is 0.249 e. The summed E-state index contributed by atoms with van der Waals surface area (Å²) in [6.45, 7) is 1.52. The van der Waals surface area contributed by atoms with E-state index in [0.717, 1.165) is 12.8 Å². The number of hydrogen-bond acceptors (Lipinski definition) is 4. The van der Waals surface area contributed by atoms with E-state index in [1.807, 2.05) is 0 Å². The first-order chi connectivity index (χ1) is 7.74. The second-order valence-electron chi connectivity index (χ2n) is 3.56. The molecule has 6 heteroatoms. The first-order valence-corrected chi connectivity index (χ1v) is 5.39. The predicted octanol–water partition coefficient (Wildman–Crippen LogP) is -0.956. The first-order valence-electron chi connectivity index (χ1n) is 5.39. The average molecular weight is 230 g/mol. The van der Waals surface area contributed by atoms with Crippen molar-refractivity contribution < 1.29 is 19.1 Å². The summed E-state index contributed by atoms with van der Waals surface area (Å²) in [5.41, 5.74) is 0. The van der Waals surface area contributed by atoms with Gasteiger partial charge in [0, 0.05) is 20.3 Å². The van der Waals surface area contributed by atoms with Crippen molar-refractivity contribution in [2.24, 2.45) is 0 Å². The smallest absolute Gasteiger partial charge is 0.249 e. The first kappa shape index (κ1) is 12.9. The summed E-state index contributed by atoms with van der Waals surface area (Å²) >= 11 is 0. The standard InChI is InChI=1S/C10H18N2O4/c1-15-6-4-11-9(13)7-12-10(14)8-3-2-5-16-8/h8H,2-7H2,1H3,(H,11,13)(H,12,14). The third kappa shape index (κ3) is 4.59. The fourth-order valence-electron chi connectivity index (χ4n) is 1.42. The minimum atomic E-state index is -0.383. The largest absolute Gasteiger partial charge is 0.383 e. The van der Waals surface area contributed by atoms with Crippen LogP contribution in [0, 0.1) is 0 Å². The third-order valence-corrected chi connectivity index (χ3v) is 2.27. The molecule has 0 aliphatic carbocycles. The fraction of sp³-hybridized carbons (Fsp3) is 0.800. The molecule has 92 valence electrons. The van der Waals surface area contributed by atoms with Crippen molar-refractivity contribution in [2.45, 2.75) is 18.9 Å². The molecule has 1 fully saturated rings. The SMILES string of the molecule is COCCNC(=O)CNC(=O)C1CCCO1. The van der Waals surface area contributed by atoms with Crippen molar-refractivity contribution in [2.75, 3.05) is 33.4 Å². The zero-order valence-electron chi connectivity index (χ0n) is 9.45. The summed E-state index contributed by atoms with van der Waals surface area (Å²) in [5.74, 6) is -0.428. The van der Waals surface area contributed by atoms with Crippen LogP contribution in [0.5, 0.6) is 0 Å². The van der Waals surface area contributed by atoms with Crippen molar-refractivity contribution in [3.05, 3.63) is 0 Å². The molecule has 2 amide bonds. The summed E-state index contributed by atoms with van der Waals surface area (Å²) in [5, 5.41) is 5.14. The number of methoxy groups -OCH3 is 1. The fourth-order valence-corrected chi connectivity index (χ4v) is 1.42. The zero-order chi connectivity index (χ0) is 11.8. The molecule has 1 atom stereocenters. The monoisotopic (exact) mass is 230 g/mol. The van der Waals surface area contributed by atoms with Crippen LogP contribution in [0.2, 0.25) is 0 Å². The molecule has 0 spiro atoms. The van der Waals surface area contributed by atoms with E-state index in [0.29, 0.717) is 19.8 Å². The Balaban J connectivity index is 2.08. The molecule has 0 aromatic rings. The Morgan fingerprint density at radius 1 is 1.44 bits per heavy atom. The molecule has 0 saturated carbocycles. The molecule has 1 rings (SSSR count). The van der Waals surface area contributed by atoms with E-state index in [4.69, 9.17) is 9.47 Å². The molecule has 0 aromatic carbocycles. The Kier molecular flexibility index (Phi) is 5.81. The van der Waals surface area contributed by atoms with Crippen LogP contribution in [-0.2, 0) is 19.1 Å². The van der Waals surface area contributed by atoms with Gasteiger partial charge in [0.15, 0.2) is 0 Å². The van der Waals surface area contributed by atoms with E-state index in [2.05, 4.69) is 10.6 Å². The molecule has 0 radical (unpaired) electrons. The quantitative estimate of drug-likeness (QED) is 0.576. The molecule has 6 nitrogen and oxygen atoms in total. The van der Waals surface area contributed by atoms with Crippen LogP contribution in [0.15, 0.2) is 0 Å². The van der Waals surface area contributed by atoms with Gasteiger partial charge in [-0.15, -0.1) is 0 Å². The third-order valence-electron chi connectivity index (χ3n) is 2.27. The van der Waals surface area contributed by atoms with Crippen molar-refractivity contribution >= 4 is 11.8 Å². The normalized spacial score (nSPS) is 19.4. The second-order valence-corrected chi connectivity index (χ2v) is 3.56. The van der Waals surface area contributed by atoms with E-state index >= 15 is 0 Å². The minimum Gasteiger partial charge on any atom is -0.383 e. The average Bonchev–Trinajstić information content (AvgIpc) is 2.79.